The molecule has 8 heteroatoms. The molecular formula is C26H43N3O4S. The third kappa shape index (κ3) is 8.85. The molecule has 7 nitrogen and oxygen atoms in total. The molecule has 3 atom stereocenters. The number of rotatable bonds is 9. The highest BCUT2D eigenvalue weighted by Crippen LogP contribution is 2.32. The number of amides is 3. The Hall–Kier alpha value is -2.22. The molecule has 0 aliphatic rings. The normalized spacial score (nSPS) is 14.5. The number of aryl methyl sites for hydroxylation is 1. The average molecular weight is 494 g/mol. The summed E-state index contributed by atoms with van der Waals surface area (Å²) in [4.78, 5) is 41.5. The summed E-state index contributed by atoms with van der Waals surface area (Å²) in [6, 6.07) is 5.66. The second-order valence-electron chi connectivity index (χ2n) is 10.7. The molecule has 0 radical (unpaired) electrons. The molecule has 2 N–H and O–H groups in total. The van der Waals surface area contributed by atoms with E-state index in [2.05, 4.69) is 30.2 Å². The Balaban J connectivity index is 3.48. The van der Waals surface area contributed by atoms with Crippen LogP contribution in [0, 0.1) is 6.92 Å². The minimum atomic E-state index is -0.968. The van der Waals surface area contributed by atoms with Gasteiger partial charge in [0.25, 0.3) is 0 Å². The van der Waals surface area contributed by atoms with E-state index in [9.17, 15) is 14.4 Å². The average Bonchev–Trinajstić information content (AvgIpc) is 2.68. The van der Waals surface area contributed by atoms with Crippen molar-refractivity contribution in [2.45, 2.75) is 104 Å². The van der Waals surface area contributed by atoms with E-state index < -0.39 is 35.2 Å². The first-order chi connectivity index (χ1) is 15.6. The lowest BCUT2D eigenvalue weighted by molar-refractivity contribution is -0.148. The zero-order valence-corrected chi connectivity index (χ0v) is 23.1. The van der Waals surface area contributed by atoms with Crippen molar-refractivity contribution < 1.29 is 19.1 Å². The van der Waals surface area contributed by atoms with E-state index in [0.717, 1.165) is 24.0 Å². The van der Waals surface area contributed by atoms with Gasteiger partial charge < -0.3 is 20.3 Å². The third-order valence-corrected chi connectivity index (χ3v) is 5.60. The van der Waals surface area contributed by atoms with Crippen LogP contribution in [0.1, 0.15) is 85.4 Å². The van der Waals surface area contributed by atoms with Gasteiger partial charge in [-0.15, -0.1) is 0 Å². The Morgan fingerprint density at radius 2 is 1.65 bits per heavy atom. The molecule has 0 aliphatic heterocycles. The first-order valence-corrected chi connectivity index (χ1v) is 12.5. The number of benzene rings is 1. The van der Waals surface area contributed by atoms with Gasteiger partial charge in [0.05, 0.1) is 0 Å². The molecule has 0 saturated carbocycles. The van der Waals surface area contributed by atoms with Crippen molar-refractivity contribution in [3.8, 4) is 0 Å². The molecule has 34 heavy (non-hydrogen) atoms. The second kappa shape index (κ2) is 12.5. The summed E-state index contributed by atoms with van der Waals surface area (Å²) in [5.41, 5.74) is 0.195. The molecule has 3 amide bonds. The van der Waals surface area contributed by atoms with Crippen LogP contribution in [0.4, 0.5) is 4.79 Å². The summed E-state index contributed by atoms with van der Waals surface area (Å²) < 4.78 is 5.34. The third-order valence-electron chi connectivity index (χ3n) is 5.23. The molecule has 3 unspecified atom stereocenters. The van der Waals surface area contributed by atoms with Crippen molar-refractivity contribution in [2.24, 2.45) is 0 Å². The van der Waals surface area contributed by atoms with E-state index >= 15 is 0 Å². The lowest BCUT2D eigenvalue weighted by Crippen LogP contribution is -2.59. The van der Waals surface area contributed by atoms with E-state index in [1.54, 1.807) is 25.7 Å². The van der Waals surface area contributed by atoms with Gasteiger partial charge in [0.15, 0.2) is 0 Å². The van der Waals surface area contributed by atoms with Crippen molar-refractivity contribution in [2.75, 3.05) is 5.75 Å². The molecule has 192 valence electrons. The molecule has 0 fully saturated rings. The second-order valence-corrected chi connectivity index (χ2v) is 11.1. The summed E-state index contributed by atoms with van der Waals surface area (Å²) in [5.74, 6) is -0.604. The Kier molecular flexibility index (Phi) is 10.9. The molecule has 0 saturated heterocycles. The largest absolute Gasteiger partial charge is 0.444 e. The maximum atomic E-state index is 13.9. The predicted octanol–water partition coefficient (Wildman–Crippen LogP) is 4.79. The highest BCUT2D eigenvalue weighted by Gasteiger charge is 2.42. The Bertz CT molecular complexity index is 845. The molecular weight excluding hydrogens is 450 g/mol. The van der Waals surface area contributed by atoms with Gasteiger partial charge in [-0.05, 0) is 72.9 Å². The predicted molar refractivity (Wildman–Crippen MR) is 140 cm³/mol. The smallest absolute Gasteiger partial charge is 0.408 e. The number of alkyl carbamates (subject to hydrolysis) is 1. The van der Waals surface area contributed by atoms with Gasteiger partial charge in [0, 0.05) is 17.3 Å². The van der Waals surface area contributed by atoms with Crippen molar-refractivity contribution >= 4 is 30.5 Å². The number of nitrogens with one attached hydrogen (secondary N) is 2. The SMILES string of the molecule is CCCC(C)NC(=O)C(c1ccccc1C)N(C(=O)C(CS)NC(=O)OC(C)(C)C)C(C)(C)C. The van der Waals surface area contributed by atoms with Gasteiger partial charge in [0.2, 0.25) is 11.8 Å². The van der Waals surface area contributed by atoms with Gasteiger partial charge in [0.1, 0.15) is 17.7 Å². The molecule has 0 heterocycles. The van der Waals surface area contributed by atoms with Crippen LogP contribution in [0.2, 0.25) is 0 Å². The lowest BCUT2D eigenvalue weighted by atomic mass is 9.93. The summed E-state index contributed by atoms with van der Waals surface area (Å²) in [5, 5.41) is 5.71. The molecule has 0 bridgehead atoms. The van der Waals surface area contributed by atoms with Crippen LogP contribution < -0.4 is 10.6 Å². The summed E-state index contributed by atoms with van der Waals surface area (Å²) in [7, 11) is 0. The fraction of sp³-hybridized carbons (Fsp3) is 0.654. The Morgan fingerprint density at radius 1 is 1.06 bits per heavy atom. The number of carbonyl (C=O) groups is 3. The number of carbonyl (C=O) groups excluding carboxylic acids is 3. The molecule has 1 aromatic carbocycles. The van der Waals surface area contributed by atoms with Crippen LogP contribution in [-0.4, -0.2) is 51.8 Å². The Labute approximate surface area is 210 Å². The van der Waals surface area contributed by atoms with Crippen LogP contribution in [0.25, 0.3) is 0 Å². The van der Waals surface area contributed by atoms with E-state index in [1.165, 1.54) is 0 Å². The number of hydrogen-bond donors (Lipinski definition) is 3. The first-order valence-electron chi connectivity index (χ1n) is 11.9. The molecule has 0 aliphatic carbocycles. The fourth-order valence-electron chi connectivity index (χ4n) is 3.77. The molecule has 0 aromatic heterocycles. The van der Waals surface area contributed by atoms with Crippen molar-refractivity contribution in [3.05, 3.63) is 35.4 Å². The standard InChI is InChI=1S/C26H43N3O4S/c1-10-13-18(3)27-22(30)21(19-15-12-11-14-17(19)2)29(25(4,5)6)23(31)20(16-34)28-24(32)33-26(7,8)9/h11-12,14-15,18,20-21,34H,10,13,16H2,1-9H3,(H,27,30)(H,28,32). The fourth-order valence-corrected chi connectivity index (χ4v) is 4.01. The van der Waals surface area contributed by atoms with Crippen LogP contribution in [-0.2, 0) is 14.3 Å². The molecule has 0 spiro atoms. The molecule has 1 aromatic rings. The minimum absolute atomic E-state index is 0.0403. The summed E-state index contributed by atoms with van der Waals surface area (Å²) in [6.45, 7) is 16.8. The highest BCUT2D eigenvalue weighted by molar-refractivity contribution is 7.80. The maximum Gasteiger partial charge on any atom is 0.408 e. The van der Waals surface area contributed by atoms with Crippen molar-refractivity contribution in [1.82, 2.24) is 15.5 Å². The zero-order valence-electron chi connectivity index (χ0n) is 22.2. The zero-order chi connectivity index (χ0) is 26.3. The number of nitrogens with zero attached hydrogens (tertiary/aromatic N) is 1. The Morgan fingerprint density at radius 3 is 2.12 bits per heavy atom. The minimum Gasteiger partial charge on any atom is -0.444 e. The highest BCUT2D eigenvalue weighted by atomic mass is 32.1. The number of ether oxygens (including phenoxy) is 1. The van der Waals surface area contributed by atoms with Gasteiger partial charge in [-0.25, -0.2) is 4.79 Å². The first kappa shape index (κ1) is 29.8. The lowest BCUT2D eigenvalue weighted by Gasteiger charge is -2.43. The van der Waals surface area contributed by atoms with Crippen molar-refractivity contribution in [1.29, 1.82) is 0 Å². The topological polar surface area (TPSA) is 87.7 Å². The van der Waals surface area contributed by atoms with Gasteiger partial charge >= 0.3 is 6.09 Å². The van der Waals surface area contributed by atoms with E-state index in [4.69, 9.17) is 4.74 Å². The summed E-state index contributed by atoms with van der Waals surface area (Å²) in [6.07, 6.45) is 1.05. The van der Waals surface area contributed by atoms with E-state index in [0.29, 0.717) is 0 Å². The van der Waals surface area contributed by atoms with Gasteiger partial charge in [-0.3, -0.25) is 9.59 Å². The monoisotopic (exact) mass is 493 g/mol. The maximum absolute atomic E-state index is 13.9. The van der Waals surface area contributed by atoms with Crippen LogP contribution in [0.3, 0.4) is 0 Å². The van der Waals surface area contributed by atoms with Gasteiger partial charge in [-0.1, -0.05) is 37.6 Å². The molecule has 1 rings (SSSR count). The van der Waals surface area contributed by atoms with E-state index in [-0.39, 0.29) is 17.7 Å². The number of thiol groups is 1. The van der Waals surface area contributed by atoms with Crippen LogP contribution in [0.15, 0.2) is 24.3 Å². The number of hydrogen-bond acceptors (Lipinski definition) is 5. The van der Waals surface area contributed by atoms with Crippen LogP contribution >= 0.6 is 12.6 Å². The van der Waals surface area contributed by atoms with Crippen molar-refractivity contribution in [3.63, 3.8) is 0 Å². The van der Waals surface area contributed by atoms with Crippen LogP contribution in [0.5, 0.6) is 0 Å². The quantitative estimate of drug-likeness (QED) is 0.432. The van der Waals surface area contributed by atoms with E-state index in [1.807, 2.05) is 58.9 Å². The summed E-state index contributed by atoms with van der Waals surface area (Å²) >= 11 is 4.32. The van der Waals surface area contributed by atoms with Gasteiger partial charge in [-0.2, -0.15) is 12.6 Å².